The summed E-state index contributed by atoms with van der Waals surface area (Å²) >= 11 is 0. The molecule has 0 saturated carbocycles. The summed E-state index contributed by atoms with van der Waals surface area (Å²) in [6, 6.07) is 3.47. The van der Waals surface area contributed by atoms with Crippen LogP contribution in [0.25, 0.3) is 11.1 Å². The Balaban J connectivity index is 1.61. The number of benzene rings is 1. The number of methoxy groups -OCH3 is 1. The highest BCUT2D eigenvalue weighted by Gasteiger charge is 2.39. The lowest BCUT2D eigenvalue weighted by molar-refractivity contribution is -0.141. The lowest BCUT2D eigenvalue weighted by Gasteiger charge is -2.30. The normalized spacial score (nSPS) is 15.7. The second-order valence-electron chi connectivity index (χ2n) is 10.4. The summed E-state index contributed by atoms with van der Waals surface area (Å²) in [6.45, 7) is 8.91. The number of halogens is 3. The van der Waals surface area contributed by atoms with Gasteiger partial charge in [0.2, 0.25) is 5.62 Å². The Morgan fingerprint density at radius 2 is 1.95 bits per heavy atom. The van der Waals surface area contributed by atoms with E-state index in [1.807, 2.05) is 17.7 Å². The van der Waals surface area contributed by atoms with Crippen molar-refractivity contribution < 1.29 is 22.7 Å². The molecule has 0 spiro atoms. The number of aromatic nitrogens is 4. The molecule has 1 N–H and O–H groups in total. The van der Waals surface area contributed by atoms with Crippen LogP contribution in [0.1, 0.15) is 53.1 Å². The monoisotopic (exact) mass is 581 g/mol. The number of alkyl halides is 3. The predicted molar refractivity (Wildman–Crippen MR) is 152 cm³/mol. The van der Waals surface area contributed by atoms with Crippen molar-refractivity contribution in [2.75, 3.05) is 20.2 Å². The molecular weight excluding hydrogens is 547 g/mol. The van der Waals surface area contributed by atoms with Crippen molar-refractivity contribution >= 4 is 12.6 Å². The average Bonchev–Trinajstić information content (AvgIpc) is 3.69. The van der Waals surface area contributed by atoms with E-state index < -0.39 is 11.9 Å². The van der Waals surface area contributed by atoms with Gasteiger partial charge in [-0.2, -0.15) is 18.3 Å². The number of carbonyl (C=O) groups excluding carboxylic acids is 1. The van der Waals surface area contributed by atoms with Crippen LogP contribution < -0.4 is 5.62 Å². The van der Waals surface area contributed by atoms with Crippen LogP contribution in [0.5, 0.6) is 0 Å². The van der Waals surface area contributed by atoms with Crippen LogP contribution in [-0.4, -0.2) is 56.6 Å². The number of amides is 1. The molecule has 222 valence electrons. The van der Waals surface area contributed by atoms with Gasteiger partial charge in [0.25, 0.3) is 5.91 Å². The van der Waals surface area contributed by atoms with Crippen molar-refractivity contribution in [3.8, 4) is 11.1 Å². The molecular formula is C30H34F3N7O2. The number of imidazole rings is 1. The Hall–Kier alpha value is -4.35. The number of fused-ring (bicyclic) bond motifs is 2. The fourth-order valence-electron chi connectivity index (χ4n) is 5.73. The number of hydrogen-bond donors (Lipinski definition) is 1. The summed E-state index contributed by atoms with van der Waals surface area (Å²) < 4.78 is 52.8. The standard InChI is InChI=1S/C30H34F3N7O2/c1-5-22(42-4)14-20(35-3)16-37-11-9-23-24(26-18-39(6-2)36-27(26)30(31,32)33)12-19(13-25(23)28(37)41)15-38-17-21-8-7-10-40(21)29(38)34/h5,12-14,17-18,34H,3,6-11,15-16H2,1-2,4H3/b20-14-,22-5+,34-29?. The van der Waals surface area contributed by atoms with Gasteiger partial charge in [0.15, 0.2) is 5.69 Å². The van der Waals surface area contributed by atoms with Gasteiger partial charge in [0.1, 0.15) is 5.76 Å². The van der Waals surface area contributed by atoms with Gasteiger partial charge in [-0.1, -0.05) is 0 Å². The van der Waals surface area contributed by atoms with Gasteiger partial charge in [-0.05, 0) is 74.7 Å². The maximum Gasteiger partial charge on any atom is 0.435 e. The minimum absolute atomic E-state index is 0.0506. The first kappa shape index (κ1) is 29.2. The van der Waals surface area contributed by atoms with E-state index in [9.17, 15) is 18.0 Å². The zero-order chi connectivity index (χ0) is 30.2. The molecule has 2 aliphatic heterocycles. The highest BCUT2D eigenvalue weighted by Crippen LogP contribution is 2.40. The van der Waals surface area contributed by atoms with Crippen LogP contribution >= 0.6 is 0 Å². The molecule has 3 aromatic rings. The van der Waals surface area contributed by atoms with E-state index in [4.69, 9.17) is 10.1 Å². The molecule has 2 aliphatic rings. The number of aryl methyl sites for hydroxylation is 2. The van der Waals surface area contributed by atoms with Gasteiger partial charge in [0, 0.05) is 54.9 Å². The van der Waals surface area contributed by atoms with Gasteiger partial charge in [-0.3, -0.25) is 19.9 Å². The van der Waals surface area contributed by atoms with Crippen LogP contribution in [0.2, 0.25) is 0 Å². The van der Waals surface area contributed by atoms with Crippen LogP contribution in [0.3, 0.4) is 0 Å². The van der Waals surface area contributed by atoms with E-state index >= 15 is 0 Å². The topological polar surface area (TPSA) is 93.4 Å². The van der Waals surface area contributed by atoms with Gasteiger partial charge in [-0.15, -0.1) is 0 Å². The maximum atomic E-state index is 14.2. The highest BCUT2D eigenvalue weighted by molar-refractivity contribution is 5.99. The molecule has 9 nitrogen and oxygen atoms in total. The molecule has 2 aromatic heterocycles. The summed E-state index contributed by atoms with van der Waals surface area (Å²) in [5.41, 5.74) is 2.75. The summed E-state index contributed by atoms with van der Waals surface area (Å²) in [5.74, 6) is 0.266. The molecule has 0 fully saturated rings. The van der Waals surface area contributed by atoms with Gasteiger partial charge in [-0.25, -0.2) is 0 Å². The quantitative estimate of drug-likeness (QED) is 0.224. The first-order valence-corrected chi connectivity index (χ1v) is 13.9. The fraction of sp³-hybridized carbons (Fsp3) is 0.400. The van der Waals surface area contributed by atoms with Crippen LogP contribution in [0.15, 0.2) is 53.1 Å². The number of nitrogens with one attached hydrogen (secondary N) is 1. The molecule has 0 atom stereocenters. The number of allylic oxidation sites excluding steroid dienone is 2. The summed E-state index contributed by atoms with van der Waals surface area (Å²) in [4.78, 5) is 19.6. The third-order valence-corrected chi connectivity index (χ3v) is 7.84. The summed E-state index contributed by atoms with van der Waals surface area (Å²) in [7, 11) is 1.54. The van der Waals surface area contributed by atoms with Crippen LogP contribution in [0.4, 0.5) is 13.2 Å². The Kier molecular flexibility index (Phi) is 7.98. The third-order valence-electron chi connectivity index (χ3n) is 7.84. The van der Waals surface area contributed by atoms with E-state index in [0.717, 1.165) is 25.1 Å². The van der Waals surface area contributed by atoms with Crippen molar-refractivity contribution in [2.45, 2.75) is 58.9 Å². The van der Waals surface area contributed by atoms with E-state index in [2.05, 4.69) is 16.8 Å². The molecule has 1 amide bonds. The minimum Gasteiger partial charge on any atom is -0.497 e. The second-order valence-corrected chi connectivity index (χ2v) is 10.4. The zero-order valence-corrected chi connectivity index (χ0v) is 24.0. The number of nitrogens with zero attached hydrogens (tertiary/aromatic N) is 6. The Morgan fingerprint density at radius 1 is 1.19 bits per heavy atom. The lowest BCUT2D eigenvalue weighted by atomic mass is 9.88. The molecule has 12 heteroatoms. The first-order valence-electron chi connectivity index (χ1n) is 13.9. The van der Waals surface area contributed by atoms with Gasteiger partial charge >= 0.3 is 6.18 Å². The Morgan fingerprint density at radius 3 is 2.60 bits per heavy atom. The number of rotatable bonds is 9. The molecule has 4 heterocycles. The largest absolute Gasteiger partial charge is 0.497 e. The van der Waals surface area contributed by atoms with E-state index in [1.54, 1.807) is 40.7 Å². The molecule has 0 bridgehead atoms. The molecule has 5 rings (SSSR count). The van der Waals surface area contributed by atoms with Crippen molar-refractivity contribution in [2.24, 2.45) is 4.99 Å². The third kappa shape index (κ3) is 5.45. The van der Waals surface area contributed by atoms with E-state index in [1.165, 1.54) is 18.0 Å². The number of ether oxygens (including phenoxy) is 1. The fourth-order valence-corrected chi connectivity index (χ4v) is 5.73. The smallest absolute Gasteiger partial charge is 0.435 e. The summed E-state index contributed by atoms with van der Waals surface area (Å²) in [6.07, 6.45) is 4.32. The van der Waals surface area contributed by atoms with Crippen molar-refractivity contribution in [3.05, 3.63) is 81.8 Å². The first-order chi connectivity index (χ1) is 20.1. The molecule has 0 unspecified atom stereocenters. The van der Waals surface area contributed by atoms with Gasteiger partial charge in [0.05, 0.1) is 25.9 Å². The second kappa shape index (κ2) is 11.5. The number of aliphatic imine (C=N–C) groups is 1. The lowest BCUT2D eigenvalue weighted by Crippen LogP contribution is -2.39. The van der Waals surface area contributed by atoms with Crippen LogP contribution in [0, 0.1) is 5.41 Å². The van der Waals surface area contributed by atoms with E-state index in [0.29, 0.717) is 52.3 Å². The van der Waals surface area contributed by atoms with Crippen LogP contribution in [-0.2, 0) is 43.4 Å². The Bertz CT molecular complexity index is 1660. The SMILES string of the molecule is C=N/C(=C\C(=C/C)OC)CN1CCc2c(cc(Cn3cc4n(c3=N)CCC4)cc2-c2cn(CC)nc2C(F)(F)F)C1=O. The van der Waals surface area contributed by atoms with E-state index in [-0.39, 0.29) is 31.1 Å². The Labute approximate surface area is 241 Å². The van der Waals surface area contributed by atoms with Gasteiger partial charge < -0.3 is 18.8 Å². The molecule has 0 radical (unpaired) electrons. The van der Waals surface area contributed by atoms with Crippen molar-refractivity contribution in [1.82, 2.24) is 23.8 Å². The zero-order valence-electron chi connectivity index (χ0n) is 24.0. The molecule has 1 aromatic carbocycles. The van der Waals surface area contributed by atoms with Crippen molar-refractivity contribution in [1.29, 1.82) is 5.41 Å². The predicted octanol–water partition coefficient (Wildman–Crippen LogP) is 4.80. The highest BCUT2D eigenvalue weighted by atomic mass is 19.4. The minimum atomic E-state index is -4.67. The van der Waals surface area contributed by atoms with Crippen molar-refractivity contribution in [3.63, 3.8) is 0 Å². The number of carbonyl (C=O) groups is 1. The maximum absolute atomic E-state index is 14.2. The molecule has 0 saturated heterocycles. The summed E-state index contributed by atoms with van der Waals surface area (Å²) in [5, 5.41) is 12.4. The molecule has 42 heavy (non-hydrogen) atoms. The number of hydrogen-bond acceptors (Lipinski definition) is 5. The average molecular weight is 582 g/mol. The molecule has 0 aliphatic carbocycles.